The van der Waals surface area contributed by atoms with Crippen LogP contribution in [0.2, 0.25) is 0 Å². The van der Waals surface area contributed by atoms with Crippen molar-refractivity contribution in [2.24, 2.45) is 11.8 Å². The second kappa shape index (κ2) is 6.43. The van der Waals surface area contributed by atoms with E-state index in [1.54, 1.807) is 23.7 Å². The number of imidazole rings is 1. The van der Waals surface area contributed by atoms with Gasteiger partial charge in [0.15, 0.2) is 5.65 Å². The van der Waals surface area contributed by atoms with Crippen LogP contribution in [0, 0.1) is 18.8 Å². The number of nitrogens with one attached hydrogen (secondary N) is 1. The Bertz CT molecular complexity index is 1260. The number of hydrogen-bond donors (Lipinski definition) is 1. The molecule has 0 amide bonds. The maximum atomic E-state index is 13.0. The Balaban J connectivity index is 1.34. The summed E-state index contributed by atoms with van der Waals surface area (Å²) in [5, 5.41) is 7.95. The van der Waals surface area contributed by atoms with Gasteiger partial charge in [-0.05, 0) is 25.1 Å². The standard InChI is InChI=1S/C20H19F2N7O/c1-10-24-15-3-2-14(25-19(15)28(10)7-17(21)22)11-4-5-29-16(11)6-23-20(27-29)26-18-12-8-30-9-13(12)18/h2-6,12-13,17-18H,7-9H2,1H3,(H,26,27)/t12-,13+,18?. The molecule has 1 aliphatic heterocycles. The van der Waals surface area contributed by atoms with Crippen LogP contribution in [0.5, 0.6) is 0 Å². The summed E-state index contributed by atoms with van der Waals surface area (Å²) in [5.41, 5.74) is 3.35. The minimum atomic E-state index is -2.47. The molecule has 1 unspecified atom stereocenters. The van der Waals surface area contributed by atoms with Gasteiger partial charge in [0.05, 0.1) is 37.2 Å². The summed E-state index contributed by atoms with van der Waals surface area (Å²) >= 11 is 0. The molecule has 1 saturated carbocycles. The molecule has 5 heterocycles. The number of pyridine rings is 1. The molecule has 0 spiro atoms. The number of aromatic nitrogens is 6. The number of alkyl halides is 2. The van der Waals surface area contributed by atoms with E-state index in [4.69, 9.17) is 4.74 Å². The summed E-state index contributed by atoms with van der Waals surface area (Å²) < 4.78 is 34.6. The fraction of sp³-hybridized carbons (Fsp3) is 0.400. The van der Waals surface area contributed by atoms with Crippen molar-refractivity contribution >= 4 is 22.6 Å². The number of anilines is 1. The number of aryl methyl sites for hydroxylation is 1. The monoisotopic (exact) mass is 411 g/mol. The molecule has 1 saturated heterocycles. The second-order valence-corrected chi connectivity index (χ2v) is 7.88. The van der Waals surface area contributed by atoms with Crippen LogP contribution >= 0.6 is 0 Å². The van der Waals surface area contributed by atoms with Crippen molar-refractivity contribution < 1.29 is 13.5 Å². The van der Waals surface area contributed by atoms with E-state index >= 15 is 0 Å². The van der Waals surface area contributed by atoms with E-state index in [0.29, 0.717) is 46.5 Å². The lowest BCUT2D eigenvalue weighted by molar-refractivity contribution is 0.127. The summed E-state index contributed by atoms with van der Waals surface area (Å²) in [7, 11) is 0. The molecular weight excluding hydrogens is 392 g/mol. The maximum Gasteiger partial charge on any atom is 0.256 e. The molecule has 10 heteroatoms. The minimum absolute atomic E-state index is 0.383. The maximum absolute atomic E-state index is 13.0. The van der Waals surface area contributed by atoms with E-state index in [9.17, 15) is 8.78 Å². The van der Waals surface area contributed by atoms with Crippen molar-refractivity contribution in [3.63, 3.8) is 0 Å². The molecular formula is C20H19F2N7O. The van der Waals surface area contributed by atoms with Gasteiger partial charge in [0, 0.05) is 29.6 Å². The highest BCUT2D eigenvalue weighted by Gasteiger charge is 2.54. The number of nitrogens with zero attached hydrogens (tertiary/aromatic N) is 6. The molecule has 1 N–H and O–H groups in total. The largest absolute Gasteiger partial charge is 0.381 e. The third kappa shape index (κ3) is 2.74. The summed E-state index contributed by atoms with van der Waals surface area (Å²) in [6, 6.07) is 5.94. The third-order valence-electron chi connectivity index (χ3n) is 6.04. The van der Waals surface area contributed by atoms with Gasteiger partial charge in [-0.3, -0.25) is 0 Å². The molecule has 8 nitrogen and oxygen atoms in total. The van der Waals surface area contributed by atoms with Crippen LogP contribution in [-0.2, 0) is 11.3 Å². The first-order chi connectivity index (χ1) is 14.6. The summed E-state index contributed by atoms with van der Waals surface area (Å²) in [6.07, 6.45) is 1.13. The van der Waals surface area contributed by atoms with Gasteiger partial charge < -0.3 is 14.6 Å². The van der Waals surface area contributed by atoms with Crippen LogP contribution in [0.4, 0.5) is 14.7 Å². The smallest absolute Gasteiger partial charge is 0.256 e. The van der Waals surface area contributed by atoms with Crippen molar-refractivity contribution in [1.29, 1.82) is 0 Å². The van der Waals surface area contributed by atoms with Gasteiger partial charge in [-0.1, -0.05) is 0 Å². The molecule has 4 aromatic rings. The lowest BCUT2D eigenvalue weighted by atomic mass is 10.2. The number of halogens is 2. The lowest BCUT2D eigenvalue weighted by Crippen LogP contribution is -2.15. The molecule has 154 valence electrons. The Morgan fingerprint density at radius 3 is 2.83 bits per heavy atom. The van der Waals surface area contributed by atoms with E-state index < -0.39 is 13.0 Å². The lowest BCUT2D eigenvalue weighted by Gasteiger charge is -2.08. The van der Waals surface area contributed by atoms with E-state index in [0.717, 1.165) is 24.3 Å². The first-order valence-electron chi connectivity index (χ1n) is 9.89. The SMILES string of the molecule is Cc1nc2ccc(-c3ccn4nc(NC5[C@H]6COC[C@@H]56)ncc34)nc2n1CC(F)F. The molecule has 2 fully saturated rings. The van der Waals surface area contributed by atoms with Gasteiger partial charge >= 0.3 is 0 Å². The van der Waals surface area contributed by atoms with Gasteiger partial charge in [-0.15, -0.1) is 5.10 Å². The highest BCUT2D eigenvalue weighted by molar-refractivity contribution is 5.82. The first-order valence-corrected chi connectivity index (χ1v) is 9.89. The Morgan fingerprint density at radius 2 is 2.03 bits per heavy atom. The summed E-state index contributed by atoms with van der Waals surface area (Å²) in [5.74, 6) is 2.22. The zero-order chi connectivity index (χ0) is 20.4. The summed E-state index contributed by atoms with van der Waals surface area (Å²) in [4.78, 5) is 13.4. The Hall–Kier alpha value is -3.14. The Labute approximate surface area is 169 Å². The predicted octanol–water partition coefficient (Wildman–Crippen LogP) is 2.77. The van der Waals surface area contributed by atoms with E-state index in [-0.39, 0.29) is 0 Å². The Morgan fingerprint density at radius 1 is 1.20 bits per heavy atom. The second-order valence-electron chi connectivity index (χ2n) is 7.88. The van der Waals surface area contributed by atoms with Crippen LogP contribution in [0.15, 0.2) is 30.6 Å². The van der Waals surface area contributed by atoms with Crippen LogP contribution in [0.3, 0.4) is 0 Å². The average molecular weight is 411 g/mol. The van der Waals surface area contributed by atoms with Gasteiger partial charge in [-0.2, -0.15) is 0 Å². The van der Waals surface area contributed by atoms with E-state index in [1.807, 2.05) is 18.3 Å². The van der Waals surface area contributed by atoms with Gasteiger partial charge in [0.25, 0.3) is 6.43 Å². The van der Waals surface area contributed by atoms with E-state index in [2.05, 4.69) is 25.4 Å². The molecule has 0 radical (unpaired) electrons. The van der Waals surface area contributed by atoms with Crippen molar-refractivity contribution in [1.82, 2.24) is 29.1 Å². The Kier molecular flexibility index (Phi) is 3.79. The van der Waals surface area contributed by atoms with Crippen molar-refractivity contribution in [3.8, 4) is 11.3 Å². The van der Waals surface area contributed by atoms with Crippen LogP contribution in [-0.4, -0.2) is 54.8 Å². The zero-order valence-corrected chi connectivity index (χ0v) is 16.2. The van der Waals surface area contributed by atoms with Crippen LogP contribution in [0.25, 0.3) is 27.9 Å². The average Bonchev–Trinajstić information content (AvgIpc) is 3.14. The number of hydrogen-bond acceptors (Lipinski definition) is 6. The van der Waals surface area contributed by atoms with Gasteiger partial charge in [0.2, 0.25) is 5.95 Å². The van der Waals surface area contributed by atoms with Crippen LogP contribution in [0.1, 0.15) is 5.82 Å². The molecule has 2 aliphatic rings. The molecule has 3 atom stereocenters. The van der Waals surface area contributed by atoms with Crippen LogP contribution < -0.4 is 5.32 Å². The zero-order valence-electron chi connectivity index (χ0n) is 16.2. The first kappa shape index (κ1) is 17.7. The molecule has 0 bridgehead atoms. The number of fused-ring (bicyclic) bond motifs is 3. The molecule has 6 rings (SSSR count). The molecule has 1 aliphatic carbocycles. The number of rotatable bonds is 5. The highest BCUT2D eigenvalue weighted by atomic mass is 19.3. The predicted molar refractivity (Wildman–Crippen MR) is 105 cm³/mol. The molecule has 4 aromatic heterocycles. The van der Waals surface area contributed by atoms with Gasteiger partial charge in [0.1, 0.15) is 11.3 Å². The molecule has 30 heavy (non-hydrogen) atoms. The molecule has 0 aromatic carbocycles. The topological polar surface area (TPSA) is 82.2 Å². The normalized spacial score (nSPS) is 22.9. The van der Waals surface area contributed by atoms with Crippen molar-refractivity contribution in [3.05, 3.63) is 36.4 Å². The van der Waals surface area contributed by atoms with E-state index in [1.165, 1.54) is 4.57 Å². The minimum Gasteiger partial charge on any atom is -0.381 e. The van der Waals surface area contributed by atoms with Crippen molar-refractivity contribution in [2.45, 2.75) is 25.9 Å². The van der Waals surface area contributed by atoms with Crippen molar-refractivity contribution in [2.75, 3.05) is 18.5 Å². The quantitative estimate of drug-likeness (QED) is 0.544. The third-order valence-corrected chi connectivity index (χ3v) is 6.04. The highest BCUT2D eigenvalue weighted by Crippen LogP contribution is 2.45. The fourth-order valence-electron chi connectivity index (χ4n) is 4.41. The van der Waals surface area contributed by atoms with Gasteiger partial charge in [-0.25, -0.2) is 28.2 Å². The summed E-state index contributed by atoms with van der Waals surface area (Å²) in [6.45, 7) is 2.88. The fourth-order valence-corrected chi connectivity index (χ4v) is 4.41. The number of ether oxygens (including phenoxy) is 1.